The molecular formula is C20H26N4. The first kappa shape index (κ1) is 16.7. The van der Waals surface area contributed by atoms with Gasteiger partial charge in [0.1, 0.15) is 0 Å². The molecule has 0 spiro atoms. The minimum atomic E-state index is -0.323. The van der Waals surface area contributed by atoms with Crippen LogP contribution in [-0.4, -0.2) is 27.5 Å². The van der Waals surface area contributed by atoms with Crippen LogP contribution in [0.15, 0.2) is 42.9 Å². The van der Waals surface area contributed by atoms with E-state index in [1.54, 1.807) is 0 Å². The molecule has 126 valence electrons. The molecule has 2 aromatic rings. The Morgan fingerprint density at radius 1 is 1.21 bits per heavy atom. The lowest BCUT2D eigenvalue weighted by molar-refractivity contribution is 0.175. The van der Waals surface area contributed by atoms with E-state index in [4.69, 9.17) is 0 Å². The second-order valence-electron chi connectivity index (χ2n) is 7.27. The van der Waals surface area contributed by atoms with E-state index in [0.29, 0.717) is 5.92 Å². The molecule has 0 atom stereocenters. The fourth-order valence-corrected chi connectivity index (χ4v) is 3.58. The molecule has 24 heavy (non-hydrogen) atoms. The summed E-state index contributed by atoms with van der Waals surface area (Å²) in [5.41, 5.74) is 2.11. The fourth-order valence-electron chi connectivity index (χ4n) is 3.58. The van der Waals surface area contributed by atoms with Crippen molar-refractivity contribution >= 4 is 0 Å². The quantitative estimate of drug-likeness (QED) is 0.845. The summed E-state index contributed by atoms with van der Waals surface area (Å²) in [6.45, 7) is 8.29. The third kappa shape index (κ3) is 3.52. The second-order valence-corrected chi connectivity index (χ2v) is 7.27. The van der Waals surface area contributed by atoms with Gasteiger partial charge in [0.25, 0.3) is 0 Å². The summed E-state index contributed by atoms with van der Waals surface area (Å²) in [6.07, 6.45) is 5.70. The summed E-state index contributed by atoms with van der Waals surface area (Å²) in [5, 5.41) is 9.80. The number of likely N-dealkylation sites (tertiary alicyclic amines) is 1. The van der Waals surface area contributed by atoms with Crippen LogP contribution in [0.2, 0.25) is 0 Å². The Morgan fingerprint density at radius 2 is 1.92 bits per heavy atom. The summed E-state index contributed by atoms with van der Waals surface area (Å²) >= 11 is 0. The highest BCUT2D eigenvalue weighted by Gasteiger charge is 2.36. The van der Waals surface area contributed by atoms with Crippen molar-refractivity contribution in [2.45, 2.75) is 45.2 Å². The van der Waals surface area contributed by atoms with Crippen molar-refractivity contribution in [2.75, 3.05) is 13.1 Å². The molecule has 0 unspecified atom stereocenters. The Bertz CT molecular complexity index is 688. The van der Waals surface area contributed by atoms with Crippen molar-refractivity contribution in [1.82, 2.24) is 14.5 Å². The van der Waals surface area contributed by atoms with Gasteiger partial charge in [0, 0.05) is 32.4 Å². The van der Waals surface area contributed by atoms with E-state index in [2.05, 4.69) is 46.5 Å². The predicted molar refractivity (Wildman–Crippen MR) is 95.3 cm³/mol. The van der Waals surface area contributed by atoms with E-state index >= 15 is 0 Å². The maximum absolute atomic E-state index is 9.80. The molecule has 4 heteroatoms. The molecule has 1 aliphatic heterocycles. The Balaban J connectivity index is 1.65. The summed E-state index contributed by atoms with van der Waals surface area (Å²) in [5.74, 6) is 0.614. The minimum absolute atomic E-state index is 0.323. The van der Waals surface area contributed by atoms with Crippen molar-refractivity contribution in [3.05, 3.63) is 54.1 Å². The van der Waals surface area contributed by atoms with Gasteiger partial charge in [0.2, 0.25) is 0 Å². The first-order valence-corrected chi connectivity index (χ1v) is 8.81. The molecule has 1 aliphatic rings. The van der Waals surface area contributed by atoms with Gasteiger partial charge < -0.3 is 4.57 Å². The summed E-state index contributed by atoms with van der Waals surface area (Å²) in [6, 6.07) is 12.9. The van der Waals surface area contributed by atoms with Gasteiger partial charge >= 0.3 is 0 Å². The van der Waals surface area contributed by atoms with Crippen molar-refractivity contribution in [3.63, 3.8) is 0 Å². The van der Waals surface area contributed by atoms with Crippen LogP contribution in [0.25, 0.3) is 0 Å². The number of benzene rings is 1. The molecular weight excluding hydrogens is 296 g/mol. The Morgan fingerprint density at radius 3 is 2.54 bits per heavy atom. The SMILES string of the molecule is CC(C)Cn1cncc1CN1CCC(C#N)(c2ccccc2)CC1. The average molecular weight is 322 g/mol. The predicted octanol–water partition coefficient (Wildman–Crippen LogP) is 3.60. The minimum Gasteiger partial charge on any atom is -0.333 e. The smallest absolute Gasteiger partial charge is 0.0948 e. The van der Waals surface area contributed by atoms with Crippen LogP contribution in [0.5, 0.6) is 0 Å². The number of hydrogen-bond donors (Lipinski definition) is 0. The number of piperidine rings is 1. The molecule has 3 rings (SSSR count). The molecule has 2 heterocycles. The highest BCUT2D eigenvalue weighted by atomic mass is 15.2. The Hall–Kier alpha value is -2.12. The molecule has 1 aromatic carbocycles. The molecule has 0 radical (unpaired) electrons. The maximum atomic E-state index is 9.80. The van der Waals surface area contributed by atoms with Crippen molar-refractivity contribution < 1.29 is 0 Å². The van der Waals surface area contributed by atoms with Gasteiger partial charge in [-0.25, -0.2) is 4.98 Å². The molecule has 1 aromatic heterocycles. The van der Waals surface area contributed by atoms with Crippen LogP contribution in [0.3, 0.4) is 0 Å². The Labute approximate surface area is 144 Å². The molecule has 4 nitrogen and oxygen atoms in total. The van der Waals surface area contributed by atoms with E-state index in [-0.39, 0.29) is 5.41 Å². The van der Waals surface area contributed by atoms with Crippen molar-refractivity contribution in [2.24, 2.45) is 5.92 Å². The number of nitrogens with zero attached hydrogens (tertiary/aromatic N) is 4. The first-order chi connectivity index (χ1) is 11.6. The molecule has 0 amide bonds. The molecule has 1 fully saturated rings. The second kappa shape index (κ2) is 7.19. The zero-order chi connectivity index (χ0) is 17.0. The summed E-state index contributed by atoms with van der Waals surface area (Å²) in [7, 11) is 0. The van der Waals surface area contributed by atoms with Gasteiger partial charge in [0.15, 0.2) is 0 Å². The van der Waals surface area contributed by atoms with Gasteiger partial charge in [-0.1, -0.05) is 44.2 Å². The van der Waals surface area contributed by atoms with Gasteiger partial charge in [0.05, 0.1) is 23.5 Å². The van der Waals surface area contributed by atoms with E-state index in [1.165, 1.54) is 5.69 Å². The maximum Gasteiger partial charge on any atom is 0.0948 e. The third-order valence-corrected chi connectivity index (χ3v) is 5.00. The highest BCUT2D eigenvalue weighted by molar-refractivity contribution is 5.33. The van der Waals surface area contributed by atoms with Crippen LogP contribution in [0.1, 0.15) is 37.9 Å². The van der Waals surface area contributed by atoms with Crippen LogP contribution in [0, 0.1) is 17.2 Å². The molecule has 1 saturated heterocycles. The van der Waals surface area contributed by atoms with Gasteiger partial charge in [-0.05, 0) is 24.3 Å². The first-order valence-electron chi connectivity index (χ1n) is 8.81. The topological polar surface area (TPSA) is 44.9 Å². The van der Waals surface area contributed by atoms with Gasteiger partial charge in [-0.3, -0.25) is 4.90 Å². The highest BCUT2D eigenvalue weighted by Crippen LogP contribution is 2.35. The normalized spacial score (nSPS) is 17.8. The lowest BCUT2D eigenvalue weighted by Crippen LogP contribution is -2.41. The fraction of sp³-hybridized carbons (Fsp3) is 0.500. The number of hydrogen-bond acceptors (Lipinski definition) is 3. The zero-order valence-corrected chi connectivity index (χ0v) is 14.7. The van der Waals surface area contributed by atoms with Crippen LogP contribution in [0.4, 0.5) is 0 Å². The van der Waals surface area contributed by atoms with Crippen LogP contribution in [-0.2, 0) is 18.5 Å². The molecule has 0 aliphatic carbocycles. The van der Waals surface area contributed by atoms with Gasteiger partial charge in [-0.15, -0.1) is 0 Å². The largest absolute Gasteiger partial charge is 0.333 e. The number of imidazole rings is 1. The lowest BCUT2D eigenvalue weighted by Gasteiger charge is -2.37. The summed E-state index contributed by atoms with van der Waals surface area (Å²) in [4.78, 5) is 6.77. The van der Waals surface area contributed by atoms with Gasteiger partial charge in [-0.2, -0.15) is 5.26 Å². The Kier molecular flexibility index (Phi) is 5.01. The molecule has 0 N–H and O–H groups in total. The standard InChI is InChI=1S/C20H26N4/c1-17(2)13-24-16-22-12-19(24)14-23-10-8-20(15-21,9-11-23)18-6-4-3-5-7-18/h3-7,12,16-17H,8-11,13-14H2,1-2H3. The molecule has 0 saturated carbocycles. The van der Waals surface area contributed by atoms with E-state index in [0.717, 1.165) is 44.6 Å². The van der Waals surface area contributed by atoms with Crippen molar-refractivity contribution in [1.29, 1.82) is 5.26 Å². The monoisotopic (exact) mass is 322 g/mol. The molecule has 0 bridgehead atoms. The van der Waals surface area contributed by atoms with Crippen LogP contribution >= 0.6 is 0 Å². The summed E-state index contributed by atoms with van der Waals surface area (Å²) < 4.78 is 2.26. The van der Waals surface area contributed by atoms with Crippen LogP contribution < -0.4 is 0 Å². The number of nitriles is 1. The van der Waals surface area contributed by atoms with E-state index < -0.39 is 0 Å². The van der Waals surface area contributed by atoms with E-state index in [1.807, 2.05) is 30.7 Å². The van der Waals surface area contributed by atoms with Crippen molar-refractivity contribution in [3.8, 4) is 6.07 Å². The van der Waals surface area contributed by atoms with E-state index in [9.17, 15) is 5.26 Å². The number of rotatable bonds is 5. The third-order valence-electron chi connectivity index (χ3n) is 5.00. The average Bonchev–Trinajstić information content (AvgIpc) is 3.03. The lowest BCUT2D eigenvalue weighted by atomic mass is 9.74. The number of aromatic nitrogens is 2. The zero-order valence-electron chi connectivity index (χ0n) is 14.7.